The van der Waals surface area contributed by atoms with E-state index in [9.17, 15) is 0 Å². The zero-order valence-corrected chi connectivity index (χ0v) is 10.3. The maximum absolute atomic E-state index is 5.73. The molecule has 2 saturated heterocycles. The van der Waals surface area contributed by atoms with Gasteiger partial charge in [0, 0.05) is 25.7 Å². The summed E-state index contributed by atoms with van der Waals surface area (Å²) >= 11 is 0. The SMILES string of the molecule is CC1(CNCCC2COCCN2)CCCO1. The highest BCUT2D eigenvalue weighted by atomic mass is 16.5. The summed E-state index contributed by atoms with van der Waals surface area (Å²) in [6, 6.07) is 0.526. The van der Waals surface area contributed by atoms with Crippen molar-refractivity contribution in [1.82, 2.24) is 10.6 Å². The molecule has 0 amide bonds. The van der Waals surface area contributed by atoms with E-state index in [-0.39, 0.29) is 5.60 Å². The summed E-state index contributed by atoms with van der Waals surface area (Å²) in [6.45, 7) is 7.85. The van der Waals surface area contributed by atoms with Crippen molar-refractivity contribution in [2.24, 2.45) is 0 Å². The second-order valence-corrected chi connectivity index (χ2v) is 5.09. The zero-order valence-electron chi connectivity index (χ0n) is 10.3. The van der Waals surface area contributed by atoms with Crippen LogP contribution in [-0.4, -0.2) is 51.1 Å². The lowest BCUT2D eigenvalue weighted by molar-refractivity contribution is 0.0203. The highest BCUT2D eigenvalue weighted by Gasteiger charge is 2.28. The highest BCUT2D eigenvalue weighted by Crippen LogP contribution is 2.23. The van der Waals surface area contributed by atoms with Crippen LogP contribution in [0.4, 0.5) is 0 Å². The van der Waals surface area contributed by atoms with Crippen molar-refractivity contribution < 1.29 is 9.47 Å². The average Bonchev–Trinajstić information content (AvgIpc) is 2.74. The third kappa shape index (κ3) is 3.70. The summed E-state index contributed by atoms with van der Waals surface area (Å²) in [5.41, 5.74) is 0.0799. The lowest BCUT2D eigenvalue weighted by atomic mass is 10.0. The van der Waals surface area contributed by atoms with Gasteiger partial charge in [0.15, 0.2) is 0 Å². The van der Waals surface area contributed by atoms with E-state index < -0.39 is 0 Å². The number of morpholine rings is 1. The summed E-state index contributed by atoms with van der Waals surface area (Å²) in [7, 11) is 0. The molecule has 0 aliphatic carbocycles. The maximum Gasteiger partial charge on any atom is 0.0779 e. The van der Waals surface area contributed by atoms with Gasteiger partial charge in [-0.2, -0.15) is 0 Å². The van der Waals surface area contributed by atoms with E-state index in [2.05, 4.69) is 17.6 Å². The van der Waals surface area contributed by atoms with E-state index >= 15 is 0 Å². The van der Waals surface area contributed by atoms with Crippen molar-refractivity contribution in [2.75, 3.05) is 39.5 Å². The fourth-order valence-corrected chi connectivity index (χ4v) is 2.41. The van der Waals surface area contributed by atoms with Gasteiger partial charge in [-0.25, -0.2) is 0 Å². The normalized spacial score (nSPS) is 35.4. The van der Waals surface area contributed by atoms with Crippen LogP contribution < -0.4 is 10.6 Å². The summed E-state index contributed by atoms with van der Waals surface area (Å²) in [4.78, 5) is 0. The first kappa shape index (κ1) is 12.3. The van der Waals surface area contributed by atoms with Crippen molar-refractivity contribution in [1.29, 1.82) is 0 Å². The highest BCUT2D eigenvalue weighted by molar-refractivity contribution is 4.82. The molecule has 0 aromatic heterocycles. The minimum absolute atomic E-state index is 0.0799. The second kappa shape index (κ2) is 5.96. The predicted octanol–water partition coefficient (Wildman–Crippen LogP) is 0.524. The number of ether oxygens (including phenoxy) is 2. The van der Waals surface area contributed by atoms with Gasteiger partial charge in [0.05, 0.1) is 18.8 Å². The number of nitrogens with one attached hydrogen (secondary N) is 2. The molecule has 2 heterocycles. The molecule has 0 saturated carbocycles. The largest absolute Gasteiger partial charge is 0.379 e. The molecule has 0 bridgehead atoms. The van der Waals surface area contributed by atoms with Crippen LogP contribution in [0.3, 0.4) is 0 Å². The fourth-order valence-electron chi connectivity index (χ4n) is 2.41. The van der Waals surface area contributed by atoms with Crippen molar-refractivity contribution in [3.05, 3.63) is 0 Å². The Hall–Kier alpha value is -0.160. The molecule has 0 spiro atoms. The van der Waals surface area contributed by atoms with Gasteiger partial charge in [-0.3, -0.25) is 0 Å². The molecule has 2 N–H and O–H groups in total. The molecule has 4 nitrogen and oxygen atoms in total. The van der Waals surface area contributed by atoms with Crippen LogP contribution in [0.5, 0.6) is 0 Å². The molecule has 0 aromatic carbocycles. The van der Waals surface area contributed by atoms with E-state index in [1.54, 1.807) is 0 Å². The quantitative estimate of drug-likeness (QED) is 0.673. The van der Waals surface area contributed by atoms with Crippen molar-refractivity contribution in [3.63, 3.8) is 0 Å². The van der Waals surface area contributed by atoms with E-state index in [0.717, 1.165) is 45.9 Å². The van der Waals surface area contributed by atoms with Crippen molar-refractivity contribution in [3.8, 4) is 0 Å². The monoisotopic (exact) mass is 228 g/mol. The first-order chi connectivity index (χ1) is 7.79. The van der Waals surface area contributed by atoms with Gasteiger partial charge in [-0.15, -0.1) is 0 Å². The Morgan fingerprint density at radius 2 is 2.38 bits per heavy atom. The van der Waals surface area contributed by atoms with Gasteiger partial charge in [-0.1, -0.05) is 0 Å². The Labute approximate surface area is 98.1 Å². The topological polar surface area (TPSA) is 42.5 Å². The maximum atomic E-state index is 5.73. The Balaban J connectivity index is 1.54. The molecule has 2 atom stereocenters. The summed E-state index contributed by atoms with van der Waals surface area (Å²) < 4.78 is 11.1. The molecule has 2 aliphatic rings. The molecule has 94 valence electrons. The Morgan fingerprint density at radius 1 is 1.44 bits per heavy atom. The Morgan fingerprint density at radius 3 is 3.06 bits per heavy atom. The standard InChI is InChI=1S/C12H24N2O2/c1-12(4-2-7-16-12)10-13-5-3-11-9-15-8-6-14-11/h11,13-14H,2-10H2,1H3. The van der Waals surface area contributed by atoms with Gasteiger partial charge >= 0.3 is 0 Å². The molecular weight excluding hydrogens is 204 g/mol. The van der Waals surface area contributed by atoms with E-state index in [4.69, 9.17) is 9.47 Å². The van der Waals surface area contributed by atoms with Crippen molar-refractivity contribution >= 4 is 0 Å². The van der Waals surface area contributed by atoms with Gasteiger partial charge in [0.25, 0.3) is 0 Å². The van der Waals surface area contributed by atoms with Crippen LogP contribution in [-0.2, 0) is 9.47 Å². The van der Waals surface area contributed by atoms with E-state index in [1.165, 1.54) is 12.8 Å². The molecule has 0 aromatic rings. The molecule has 0 radical (unpaired) electrons. The average molecular weight is 228 g/mol. The van der Waals surface area contributed by atoms with Crippen LogP contribution in [0.2, 0.25) is 0 Å². The van der Waals surface area contributed by atoms with Gasteiger partial charge < -0.3 is 20.1 Å². The Bertz CT molecular complexity index is 199. The predicted molar refractivity (Wildman–Crippen MR) is 63.7 cm³/mol. The summed E-state index contributed by atoms with van der Waals surface area (Å²) in [5.74, 6) is 0. The number of hydrogen-bond donors (Lipinski definition) is 2. The van der Waals surface area contributed by atoms with E-state index in [0.29, 0.717) is 6.04 Å². The lowest BCUT2D eigenvalue weighted by Gasteiger charge is -2.26. The first-order valence-electron chi connectivity index (χ1n) is 6.44. The first-order valence-corrected chi connectivity index (χ1v) is 6.44. The number of rotatable bonds is 5. The van der Waals surface area contributed by atoms with Crippen LogP contribution in [0.1, 0.15) is 26.2 Å². The molecule has 4 heteroatoms. The molecule has 2 fully saturated rings. The molecule has 2 rings (SSSR count). The smallest absolute Gasteiger partial charge is 0.0779 e. The lowest BCUT2D eigenvalue weighted by Crippen LogP contribution is -2.44. The van der Waals surface area contributed by atoms with Crippen LogP contribution in [0.15, 0.2) is 0 Å². The molecule has 2 aliphatic heterocycles. The Kier molecular flexibility index (Phi) is 4.58. The van der Waals surface area contributed by atoms with Crippen LogP contribution in [0.25, 0.3) is 0 Å². The van der Waals surface area contributed by atoms with Crippen molar-refractivity contribution in [2.45, 2.75) is 37.8 Å². The third-order valence-electron chi connectivity index (χ3n) is 3.47. The third-order valence-corrected chi connectivity index (χ3v) is 3.47. The molecular formula is C12H24N2O2. The zero-order chi connectivity index (χ0) is 11.3. The van der Waals surface area contributed by atoms with Gasteiger partial charge in [0.2, 0.25) is 0 Å². The second-order valence-electron chi connectivity index (χ2n) is 5.09. The fraction of sp³-hybridized carbons (Fsp3) is 1.00. The van der Waals surface area contributed by atoms with Gasteiger partial charge in [0.1, 0.15) is 0 Å². The summed E-state index contributed by atoms with van der Waals surface area (Å²) in [6.07, 6.45) is 3.52. The van der Waals surface area contributed by atoms with E-state index in [1.807, 2.05) is 0 Å². The van der Waals surface area contributed by atoms with Gasteiger partial charge in [-0.05, 0) is 32.7 Å². The number of hydrogen-bond acceptors (Lipinski definition) is 4. The van der Waals surface area contributed by atoms with Crippen LogP contribution >= 0.6 is 0 Å². The molecule has 16 heavy (non-hydrogen) atoms. The summed E-state index contributed by atoms with van der Waals surface area (Å²) in [5, 5.41) is 6.96. The minimum atomic E-state index is 0.0799. The minimum Gasteiger partial charge on any atom is -0.379 e. The molecule has 2 unspecified atom stereocenters. The van der Waals surface area contributed by atoms with Crippen LogP contribution in [0, 0.1) is 0 Å².